The first kappa shape index (κ1) is 17.5. The van der Waals surface area contributed by atoms with Gasteiger partial charge >= 0.3 is 0 Å². The molecule has 1 heterocycles. The SMILES string of the molecule is Cc1cc(F)cc(C(=O)NCCc2nc(C(C)C)no2)c1[N+](=O)[O-]. The van der Waals surface area contributed by atoms with Gasteiger partial charge in [-0.25, -0.2) is 4.39 Å². The van der Waals surface area contributed by atoms with Crippen LogP contribution in [-0.4, -0.2) is 27.5 Å². The van der Waals surface area contributed by atoms with Gasteiger partial charge in [-0.2, -0.15) is 4.98 Å². The summed E-state index contributed by atoms with van der Waals surface area (Å²) >= 11 is 0. The number of rotatable bonds is 6. The summed E-state index contributed by atoms with van der Waals surface area (Å²) in [6.45, 7) is 5.35. The number of nitro groups is 1. The van der Waals surface area contributed by atoms with Crippen molar-refractivity contribution in [2.75, 3.05) is 6.54 Å². The zero-order chi connectivity index (χ0) is 17.9. The van der Waals surface area contributed by atoms with Crippen molar-refractivity contribution in [1.29, 1.82) is 0 Å². The molecule has 0 aliphatic carbocycles. The average molecular weight is 336 g/mol. The minimum absolute atomic E-state index is 0.0867. The maximum atomic E-state index is 13.5. The van der Waals surface area contributed by atoms with Crippen molar-refractivity contribution in [2.45, 2.75) is 33.1 Å². The average Bonchev–Trinajstić information content (AvgIpc) is 2.94. The Hall–Kier alpha value is -2.84. The lowest BCUT2D eigenvalue weighted by atomic mass is 10.1. The first-order chi connectivity index (χ1) is 11.3. The molecule has 0 fully saturated rings. The molecule has 1 amide bonds. The second kappa shape index (κ2) is 7.16. The van der Waals surface area contributed by atoms with E-state index in [1.54, 1.807) is 0 Å². The number of carbonyl (C=O) groups excluding carboxylic acids is 1. The third kappa shape index (κ3) is 3.92. The molecule has 0 atom stereocenters. The Bertz CT molecular complexity index is 773. The monoisotopic (exact) mass is 336 g/mol. The Kier molecular flexibility index (Phi) is 5.22. The molecule has 24 heavy (non-hydrogen) atoms. The highest BCUT2D eigenvalue weighted by atomic mass is 19.1. The van der Waals surface area contributed by atoms with Crippen LogP contribution in [0.25, 0.3) is 0 Å². The second-order valence-corrected chi connectivity index (χ2v) is 5.58. The van der Waals surface area contributed by atoms with Crippen LogP contribution >= 0.6 is 0 Å². The number of benzene rings is 1. The van der Waals surface area contributed by atoms with Crippen molar-refractivity contribution in [3.05, 3.63) is 50.9 Å². The van der Waals surface area contributed by atoms with Gasteiger partial charge in [0.25, 0.3) is 11.6 Å². The number of nitrogens with one attached hydrogen (secondary N) is 1. The molecule has 0 saturated heterocycles. The highest BCUT2D eigenvalue weighted by Gasteiger charge is 2.24. The van der Waals surface area contributed by atoms with E-state index in [-0.39, 0.29) is 30.0 Å². The van der Waals surface area contributed by atoms with Crippen LogP contribution in [-0.2, 0) is 6.42 Å². The van der Waals surface area contributed by atoms with Gasteiger partial charge in [-0.05, 0) is 19.1 Å². The predicted octanol–water partition coefficient (Wildman–Crippen LogP) is 2.52. The van der Waals surface area contributed by atoms with E-state index in [0.717, 1.165) is 12.1 Å². The van der Waals surface area contributed by atoms with E-state index in [4.69, 9.17) is 4.52 Å². The normalized spacial score (nSPS) is 10.9. The molecule has 0 aliphatic heterocycles. The standard InChI is InChI=1S/C15H17FN4O4/c1-8(2)14-18-12(24-19-14)4-5-17-15(21)11-7-10(16)6-9(3)13(11)20(22)23/h6-8H,4-5H2,1-3H3,(H,17,21). The fraction of sp³-hybridized carbons (Fsp3) is 0.400. The second-order valence-electron chi connectivity index (χ2n) is 5.58. The zero-order valence-electron chi connectivity index (χ0n) is 13.5. The van der Waals surface area contributed by atoms with Gasteiger partial charge < -0.3 is 9.84 Å². The summed E-state index contributed by atoms with van der Waals surface area (Å²) in [5.41, 5.74) is -0.636. The number of hydrogen-bond acceptors (Lipinski definition) is 6. The van der Waals surface area contributed by atoms with Gasteiger partial charge in [0, 0.05) is 24.4 Å². The third-order valence-corrected chi connectivity index (χ3v) is 3.32. The van der Waals surface area contributed by atoms with Crippen LogP contribution in [0.4, 0.5) is 10.1 Å². The van der Waals surface area contributed by atoms with E-state index < -0.39 is 22.3 Å². The molecular weight excluding hydrogens is 319 g/mol. The van der Waals surface area contributed by atoms with Gasteiger partial charge in [-0.3, -0.25) is 14.9 Å². The van der Waals surface area contributed by atoms with E-state index in [2.05, 4.69) is 15.5 Å². The predicted molar refractivity (Wildman–Crippen MR) is 82.2 cm³/mol. The molecule has 0 bridgehead atoms. The van der Waals surface area contributed by atoms with Crippen LogP contribution in [0.3, 0.4) is 0 Å². The minimum Gasteiger partial charge on any atom is -0.351 e. The van der Waals surface area contributed by atoms with Crippen molar-refractivity contribution in [2.24, 2.45) is 0 Å². The molecular formula is C15H17FN4O4. The van der Waals surface area contributed by atoms with Gasteiger partial charge in [0.15, 0.2) is 5.82 Å². The van der Waals surface area contributed by atoms with Gasteiger partial charge in [-0.15, -0.1) is 0 Å². The van der Waals surface area contributed by atoms with E-state index in [1.807, 2.05) is 13.8 Å². The van der Waals surface area contributed by atoms with Crippen LogP contribution in [0.1, 0.15) is 47.4 Å². The molecule has 9 heteroatoms. The first-order valence-electron chi connectivity index (χ1n) is 7.34. The van der Waals surface area contributed by atoms with Crippen molar-refractivity contribution in [3.8, 4) is 0 Å². The number of nitrogens with zero attached hydrogens (tertiary/aromatic N) is 3. The molecule has 128 valence electrons. The lowest BCUT2D eigenvalue weighted by Crippen LogP contribution is -2.27. The fourth-order valence-corrected chi connectivity index (χ4v) is 2.13. The van der Waals surface area contributed by atoms with Crippen LogP contribution in [0, 0.1) is 22.9 Å². The Balaban J connectivity index is 2.06. The van der Waals surface area contributed by atoms with Gasteiger partial charge in [0.05, 0.1) is 4.92 Å². The van der Waals surface area contributed by atoms with Gasteiger partial charge in [-0.1, -0.05) is 19.0 Å². The lowest BCUT2D eigenvalue weighted by molar-refractivity contribution is -0.385. The highest BCUT2D eigenvalue weighted by molar-refractivity contribution is 5.98. The summed E-state index contributed by atoms with van der Waals surface area (Å²) in [7, 11) is 0. The molecule has 0 saturated carbocycles. The summed E-state index contributed by atoms with van der Waals surface area (Å²) in [5.74, 6) is -0.402. The summed E-state index contributed by atoms with van der Waals surface area (Å²) < 4.78 is 18.5. The maximum absolute atomic E-state index is 13.5. The van der Waals surface area contributed by atoms with Gasteiger partial charge in [0.1, 0.15) is 11.4 Å². The van der Waals surface area contributed by atoms with E-state index in [1.165, 1.54) is 6.92 Å². The minimum atomic E-state index is -0.729. The zero-order valence-corrected chi connectivity index (χ0v) is 13.5. The lowest BCUT2D eigenvalue weighted by Gasteiger charge is -2.06. The Morgan fingerprint density at radius 2 is 2.17 bits per heavy atom. The van der Waals surface area contributed by atoms with Crippen molar-refractivity contribution in [1.82, 2.24) is 15.5 Å². The summed E-state index contributed by atoms with van der Waals surface area (Å²) in [6, 6.07) is 1.87. The number of amides is 1. The van der Waals surface area contributed by atoms with Crippen molar-refractivity contribution in [3.63, 3.8) is 0 Å². The molecule has 2 aromatic rings. The molecule has 8 nitrogen and oxygen atoms in total. The first-order valence-corrected chi connectivity index (χ1v) is 7.34. The van der Waals surface area contributed by atoms with Gasteiger partial charge in [0.2, 0.25) is 5.89 Å². The van der Waals surface area contributed by atoms with E-state index in [0.29, 0.717) is 11.7 Å². The van der Waals surface area contributed by atoms with E-state index >= 15 is 0 Å². The van der Waals surface area contributed by atoms with E-state index in [9.17, 15) is 19.3 Å². The summed E-state index contributed by atoms with van der Waals surface area (Å²) in [6.07, 6.45) is 0.271. The number of aryl methyl sites for hydroxylation is 1. The molecule has 0 radical (unpaired) electrons. The number of aromatic nitrogens is 2. The molecule has 1 N–H and O–H groups in total. The van der Waals surface area contributed by atoms with Crippen LogP contribution in [0.5, 0.6) is 0 Å². The number of carbonyl (C=O) groups is 1. The van der Waals surface area contributed by atoms with Crippen LogP contribution in [0.2, 0.25) is 0 Å². The maximum Gasteiger partial charge on any atom is 0.285 e. The highest BCUT2D eigenvalue weighted by Crippen LogP contribution is 2.24. The fourth-order valence-electron chi connectivity index (χ4n) is 2.13. The molecule has 1 aromatic heterocycles. The van der Waals surface area contributed by atoms with Crippen molar-refractivity contribution >= 4 is 11.6 Å². The largest absolute Gasteiger partial charge is 0.351 e. The Morgan fingerprint density at radius 1 is 1.46 bits per heavy atom. The topological polar surface area (TPSA) is 111 Å². The third-order valence-electron chi connectivity index (χ3n) is 3.32. The quantitative estimate of drug-likeness (QED) is 0.641. The molecule has 0 spiro atoms. The molecule has 1 aromatic carbocycles. The molecule has 0 unspecified atom stereocenters. The smallest absolute Gasteiger partial charge is 0.285 e. The molecule has 0 aliphatic rings. The Morgan fingerprint density at radius 3 is 2.75 bits per heavy atom. The summed E-state index contributed by atoms with van der Waals surface area (Å²) in [5, 5.41) is 17.4. The van der Waals surface area contributed by atoms with Crippen molar-refractivity contribution < 1.29 is 18.6 Å². The molecule has 2 rings (SSSR count). The number of nitro benzene ring substituents is 1. The van der Waals surface area contributed by atoms with Crippen LogP contribution in [0.15, 0.2) is 16.7 Å². The Labute approximate surface area is 137 Å². The number of hydrogen-bond donors (Lipinski definition) is 1. The van der Waals surface area contributed by atoms with Crippen LogP contribution < -0.4 is 5.32 Å². The summed E-state index contributed by atoms with van der Waals surface area (Å²) in [4.78, 5) is 26.7. The number of halogens is 1.